The molecule has 0 amide bonds. The fraction of sp³-hybridized carbons (Fsp3) is 0.100. The molecule has 0 radical (unpaired) electrons. The van der Waals surface area contributed by atoms with Crippen molar-refractivity contribution >= 4 is 28.2 Å². The minimum absolute atomic E-state index is 0.0927. The maximum atomic E-state index is 8.55. The van der Waals surface area contributed by atoms with Gasteiger partial charge in [-0.05, 0) is 24.3 Å². The maximum absolute atomic E-state index is 8.55. The van der Waals surface area contributed by atoms with Gasteiger partial charge < -0.3 is 15.8 Å². The van der Waals surface area contributed by atoms with Gasteiger partial charge in [-0.15, -0.1) is 0 Å². The number of amidine groups is 1. The predicted octanol–water partition coefficient (Wildman–Crippen LogP) is 1.40. The number of hydrogen-bond acceptors (Lipinski definition) is 6. The fourth-order valence-electron chi connectivity index (χ4n) is 1.34. The quantitative estimate of drug-likeness (QED) is 0.371. The van der Waals surface area contributed by atoms with Crippen molar-refractivity contribution in [3.63, 3.8) is 0 Å². The molecule has 0 aliphatic carbocycles. The lowest BCUT2D eigenvalue weighted by molar-refractivity contribution is 0.318. The van der Waals surface area contributed by atoms with Gasteiger partial charge in [0.1, 0.15) is 6.33 Å². The van der Waals surface area contributed by atoms with Crippen molar-refractivity contribution in [2.45, 2.75) is 0 Å². The Morgan fingerprint density at radius 2 is 2.12 bits per heavy atom. The van der Waals surface area contributed by atoms with Gasteiger partial charge in [0, 0.05) is 29.8 Å². The first kappa shape index (κ1) is 11.3. The van der Waals surface area contributed by atoms with E-state index in [4.69, 9.17) is 10.9 Å². The van der Waals surface area contributed by atoms with Crippen LogP contribution in [0.5, 0.6) is 0 Å². The second kappa shape index (κ2) is 4.79. The van der Waals surface area contributed by atoms with E-state index in [1.54, 1.807) is 12.1 Å². The van der Waals surface area contributed by atoms with Crippen LogP contribution in [0.1, 0.15) is 5.56 Å². The summed E-state index contributed by atoms with van der Waals surface area (Å²) in [5.41, 5.74) is 7.10. The van der Waals surface area contributed by atoms with Crippen LogP contribution >= 0.6 is 11.5 Å². The number of anilines is 2. The molecule has 1 heterocycles. The summed E-state index contributed by atoms with van der Waals surface area (Å²) in [5.74, 6) is 0.0927. The highest BCUT2D eigenvalue weighted by Crippen LogP contribution is 2.23. The predicted molar refractivity (Wildman–Crippen MR) is 66.9 cm³/mol. The molecule has 0 unspecified atom stereocenters. The molecule has 2 aromatic rings. The third-order valence-electron chi connectivity index (χ3n) is 2.29. The van der Waals surface area contributed by atoms with Crippen LogP contribution in [-0.2, 0) is 0 Å². The van der Waals surface area contributed by atoms with Crippen LogP contribution in [0, 0.1) is 0 Å². The van der Waals surface area contributed by atoms with E-state index >= 15 is 0 Å². The second-order valence-electron chi connectivity index (χ2n) is 3.31. The number of nitrogens with two attached hydrogens (primary N) is 1. The normalized spacial score (nSPS) is 11.5. The van der Waals surface area contributed by atoms with Gasteiger partial charge in [0.05, 0.1) is 0 Å². The van der Waals surface area contributed by atoms with Gasteiger partial charge in [0.2, 0.25) is 5.13 Å². The molecule has 0 aliphatic heterocycles. The lowest BCUT2D eigenvalue weighted by Crippen LogP contribution is -2.14. The Morgan fingerprint density at radius 1 is 1.41 bits per heavy atom. The van der Waals surface area contributed by atoms with Crippen LogP contribution in [0.15, 0.2) is 35.7 Å². The summed E-state index contributed by atoms with van der Waals surface area (Å²) in [7, 11) is 1.90. The molecule has 0 saturated carbocycles. The summed E-state index contributed by atoms with van der Waals surface area (Å²) in [6.07, 6.45) is 1.52. The van der Waals surface area contributed by atoms with Gasteiger partial charge in [-0.3, -0.25) is 0 Å². The van der Waals surface area contributed by atoms with Crippen molar-refractivity contribution in [2.75, 3.05) is 11.9 Å². The highest BCUT2D eigenvalue weighted by atomic mass is 32.1. The molecule has 3 N–H and O–H groups in total. The Hall–Kier alpha value is -2.15. The molecule has 2 rings (SSSR count). The number of aromatic nitrogens is 2. The summed E-state index contributed by atoms with van der Waals surface area (Å²) >= 11 is 1.32. The maximum Gasteiger partial charge on any atom is 0.209 e. The van der Waals surface area contributed by atoms with Gasteiger partial charge in [-0.1, -0.05) is 5.16 Å². The third-order valence-corrected chi connectivity index (χ3v) is 3.04. The molecule has 6 nitrogen and oxygen atoms in total. The Morgan fingerprint density at radius 3 is 2.65 bits per heavy atom. The van der Waals surface area contributed by atoms with Crippen LogP contribution in [0.3, 0.4) is 0 Å². The SMILES string of the molecule is CN(c1ccc(C(N)=NO)cc1)c1ncns1. The molecular weight excluding hydrogens is 238 g/mol. The molecule has 0 aliphatic rings. The Labute approximate surface area is 102 Å². The standard InChI is InChI=1S/C10H11N5OS/c1-15(10-12-6-13-17-10)8-4-2-7(3-5-8)9(11)14-16/h2-6,16H,1H3,(H2,11,14). The molecule has 0 bridgehead atoms. The Kier molecular flexibility index (Phi) is 3.20. The van der Waals surface area contributed by atoms with Crippen LogP contribution in [0.2, 0.25) is 0 Å². The zero-order valence-electron chi connectivity index (χ0n) is 9.11. The lowest BCUT2D eigenvalue weighted by atomic mass is 10.2. The average Bonchev–Trinajstić information content (AvgIpc) is 2.91. The van der Waals surface area contributed by atoms with Crippen molar-refractivity contribution in [1.82, 2.24) is 9.36 Å². The summed E-state index contributed by atoms with van der Waals surface area (Å²) in [6, 6.07) is 7.30. The smallest absolute Gasteiger partial charge is 0.209 e. The van der Waals surface area contributed by atoms with E-state index in [0.29, 0.717) is 5.56 Å². The van der Waals surface area contributed by atoms with Gasteiger partial charge in [0.25, 0.3) is 0 Å². The summed E-state index contributed by atoms with van der Waals surface area (Å²) in [4.78, 5) is 6.02. The van der Waals surface area contributed by atoms with Crippen molar-refractivity contribution < 1.29 is 5.21 Å². The summed E-state index contributed by atoms with van der Waals surface area (Å²) in [5, 5.41) is 12.3. The highest BCUT2D eigenvalue weighted by Gasteiger charge is 2.07. The van der Waals surface area contributed by atoms with Crippen LogP contribution in [0.25, 0.3) is 0 Å². The zero-order valence-corrected chi connectivity index (χ0v) is 9.92. The molecule has 17 heavy (non-hydrogen) atoms. The monoisotopic (exact) mass is 249 g/mol. The number of benzene rings is 1. The fourth-order valence-corrected chi connectivity index (χ4v) is 1.85. The second-order valence-corrected chi connectivity index (χ2v) is 4.07. The van der Waals surface area contributed by atoms with Gasteiger partial charge in [0.15, 0.2) is 5.84 Å². The number of nitrogens with zero attached hydrogens (tertiary/aromatic N) is 4. The Bertz CT molecular complexity index is 508. The number of hydrogen-bond donors (Lipinski definition) is 2. The van der Waals surface area contributed by atoms with Gasteiger partial charge >= 0.3 is 0 Å². The minimum Gasteiger partial charge on any atom is -0.409 e. The van der Waals surface area contributed by atoms with E-state index in [1.807, 2.05) is 24.1 Å². The minimum atomic E-state index is 0.0927. The van der Waals surface area contributed by atoms with Crippen LogP contribution < -0.4 is 10.6 Å². The molecule has 1 aromatic heterocycles. The van der Waals surface area contributed by atoms with E-state index in [1.165, 1.54) is 17.9 Å². The molecule has 0 saturated heterocycles. The zero-order chi connectivity index (χ0) is 12.3. The summed E-state index contributed by atoms with van der Waals surface area (Å²) < 4.78 is 3.94. The largest absolute Gasteiger partial charge is 0.409 e. The third kappa shape index (κ3) is 2.34. The lowest BCUT2D eigenvalue weighted by Gasteiger charge is -2.15. The molecule has 0 fully saturated rings. The number of oxime groups is 1. The molecule has 0 spiro atoms. The van der Waals surface area contributed by atoms with E-state index < -0.39 is 0 Å². The van der Waals surface area contributed by atoms with E-state index in [-0.39, 0.29) is 5.84 Å². The average molecular weight is 249 g/mol. The van der Waals surface area contributed by atoms with Gasteiger partial charge in [-0.2, -0.15) is 4.37 Å². The molecule has 0 atom stereocenters. The van der Waals surface area contributed by atoms with Crippen molar-refractivity contribution in [3.8, 4) is 0 Å². The van der Waals surface area contributed by atoms with Crippen molar-refractivity contribution in [2.24, 2.45) is 10.9 Å². The van der Waals surface area contributed by atoms with Crippen LogP contribution in [0.4, 0.5) is 10.8 Å². The van der Waals surface area contributed by atoms with Crippen molar-refractivity contribution in [3.05, 3.63) is 36.2 Å². The molecule has 1 aromatic carbocycles. The molecule has 7 heteroatoms. The van der Waals surface area contributed by atoms with Crippen LogP contribution in [-0.4, -0.2) is 27.4 Å². The van der Waals surface area contributed by atoms with E-state index in [9.17, 15) is 0 Å². The van der Waals surface area contributed by atoms with E-state index in [0.717, 1.165) is 10.8 Å². The molecular formula is C10H11N5OS. The Balaban J connectivity index is 2.24. The van der Waals surface area contributed by atoms with Crippen molar-refractivity contribution in [1.29, 1.82) is 0 Å². The van der Waals surface area contributed by atoms with E-state index in [2.05, 4.69) is 14.5 Å². The van der Waals surface area contributed by atoms with Gasteiger partial charge in [-0.25, -0.2) is 4.98 Å². The topological polar surface area (TPSA) is 87.6 Å². The first-order chi connectivity index (χ1) is 8.22. The first-order valence-electron chi connectivity index (χ1n) is 4.80. The highest BCUT2D eigenvalue weighted by molar-refractivity contribution is 7.09. The number of rotatable bonds is 3. The first-order valence-corrected chi connectivity index (χ1v) is 5.58. The summed E-state index contributed by atoms with van der Waals surface area (Å²) in [6.45, 7) is 0. The molecule has 88 valence electrons.